The topological polar surface area (TPSA) is 75.5 Å². The van der Waals surface area contributed by atoms with Crippen molar-refractivity contribution in [2.75, 3.05) is 19.6 Å². The van der Waals surface area contributed by atoms with Crippen molar-refractivity contribution in [1.82, 2.24) is 10.2 Å². The second-order valence-corrected chi connectivity index (χ2v) is 6.12. The van der Waals surface area contributed by atoms with Crippen molar-refractivity contribution in [3.63, 3.8) is 0 Å². The third-order valence-corrected chi connectivity index (χ3v) is 4.40. The predicted octanol–water partition coefficient (Wildman–Crippen LogP) is 2.00. The molecule has 2 rings (SSSR count). The van der Waals surface area contributed by atoms with Crippen molar-refractivity contribution in [1.29, 1.82) is 0 Å². The molecule has 0 bridgehead atoms. The van der Waals surface area contributed by atoms with E-state index in [-0.39, 0.29) is 15.8 Å². The van der Waals surface area contributed by atoms with E-state index in [0.29, 0.717) is 5.92 Å². The third kappa shape index (κ3) is 4.28. The van der Waals surface area contributed by atoms with Gasteiger partial charge in [-0.05, 0) is 30.9 Å². The van der Waals surface area contributed by atoms with Crippen LogP contribution in [0.25, 0.3) is 0 Å². The molecule has 1 aromatic rings. The summed E-state index contributed by atoms with van der Waals surface area (Å²) in [7, 11) is 0. The Morgan fingerprint density at radius 2 is 2.45 bits per heavy atom. The highest BCUT2D eigenvalue weighted by atomic mass is 32.1. The number of piperidine rings is 1. The smallest absolute Gasteiger partial charge is 0.324 e. The predicted molar refractivity (Wildman–Crippen MR) is 77.7 cm³/mol. The zero-order valence-electron chi connectivity index (χ0n) is 11.5. The van der Waals surface area contributed by atoms with E-state index in [4.69, 9.17) is 0 Å². The van der Waals surface area contributed by atoms with E-state index in [1.54, 1.807) is 6.07 Å². The highest BCUT2D eigenvalue weighted by Gasteiger charge is 2.21. The van der Waals surface area contributed by atoms with Crippen LogP contribution in [0.15, 0.2) is 11.4 Å². The molecule has 0 radical (unpaired) electrons. The number of amides is 1. The van der Waals surface area contributed by atoms with Gasteiger partial charge >= 0.3 is 5.00 Å². The van der Waals surface area contributed by atoms with Crippen LogP contribution in [-0.2, 0) is 11.3 Å². The van der Waals surface area contributed by atoms with E-state index < -0.39 is 0 Å². The molecule has 110 valence electrons. The Morgan fingerprint density at radius 3 is 3.10 bits per heavy atom. The minimum absolute atomic E-state index is 0.00980. The molecule has 1 unspecified atom stereocenters. The van der Waals surface area contributed by atoms with Gasteiger partial charge in [-0.15, -0.1) is 0 Å². The van der Waals surface area contributed by atoms with E-state index in [0.717, 1.165) is 44.6 Å². The van der Waals surface area contributed by atoms with Crippen LogP contribution < -0.4 is 5.32 Å². The molecule has 7 heteroatoms. The average molecular weight is 297 g/mol. The summed E-state index contributed by atoms with van der Waals surface area (Å²) in [5.74, 6) is 0.483. The molecule has 2 heterocycles. The number of nitro groups is 1. The molecule has 0 saturated carbocycles. The Bertz CT molecular complexity index is 489. The molecular weight excluding hydrogens is 278 g/mol. The van der Waals surface area contributed by atoms with Crippen LogP contribution in [0.2, 0.25) is 0 Å². The summed E-state index contributed by atoms with van der Waals surface area (Å²) in [5, 5.41) is 15.6. The van der Waals surface area contributed by atoms with Crippen molar-refractivity contribution in [3.8, 4) is 0 Å². The fourth-order valence-electron chi connectivity index (χ4n) is 2.55. The number of carbonyl (C=O) groups excluding carboxylic acids is 1. The van der Waals surface area contributed by atoms with Crippen molar-refractivity contribution in [2.45, 2.75) is 26.3 Å². The summed E-state index contributed by atoms with van der Waals surface area (Å²) >= 11 is 1.18. The van der Waals surface area contributed by atoms with Crippen LogP contribution in [0.3, 0.4) is 0 Å². The van der Waals surface area contributed by atoms with Crippen molar-refractivity contribution >= 4 is 22.2 Å². The molecule has 0 spiro atoms. The first kappa shape index (κ1) is 14.9. The first-order valence-corrected chi connectivity index (χ1v) is 7.61. The standard InChI is InChI=1S/C13H19N3O3S/c1-10(17)14-6-11-3-2-4-15(7-11)8-12-5-13(16(18)19)20-9-12/h5,9,11H,2-4,6-8H2,1H3,(H,14,17). The van der Waals surface area contributed by atoms with E-state index in [2.05, 4.69) is 10.2 Å². The van der Waals surface area contributed by atoms with Crippen molar-refractivity contribution in [2.24, 2.45) is 5.92 Å². The molecule has 1 aliphatic rings. The van der Waals surface area contributed by atoms with E-state index in [9.17, 15) is 14.9 Å². The molecule has 1 atom stereocenters. The quantitative estimate of drug-likeness (QED) is 0.666. The zero-order chi connectivity index (χ0) is 14.5. The van der Waals surface area contributed by atoms with Crippen LogP contribution in [0.5, 0.6) is 0 Å². The molecule has 1 aromatic heterocycles. The molecule has 1 fully saturated rings. The van der Waals surface area contributed by atoms with Gasteiger partial charge in [-0.25, -0.2) is 0 Å². The first-order valence-electron chi connectivity index (χ1n) is 6.73. The fourth-order valence-corrected chi connectivity index (χ4v) is 3.27. The van der Waals surface area contributed by atoms with Crippen LogP contribution in [-0.4, -0.2) is 35.4 Å². The number of rotatable bonds is 5. The van der Waals surface area contributed by atoms with Gasteiger partial charge < -0.3 is 5.32 Å². The van der Waals surface area contributed by atoms with Gasteiger partial charge in [0.25, 0.3) is 0 Å². The van der Waals surface area contributed by atoms with Gasteiger partial charge in [0.15, 0.2) is 0 Å². The third-order valence-electron chi connectivity index (χ3n) is 3.47. The average Bonchev–Trinajstić information content (AvgIpc) is 2.85. The Labute approximate surface area is 121 Å². The van der Waals surface area contributed by atoms with Crippen molar-refractivity contribution < 1.29 is 9.72 Å². The van der Waals surface area contributed by atoms with Gasteiger partial charge in [-0.2, -0.15) is 0 Å². The van der Waals surface area contributed by atoms with Gasteiger partial charge in [0.05, 0.1) is 4.92 Å². The van der Waals surface area contributed by atoms with Gasteiger partial charge in [-0.1, -0.05) is 11.3 Å². The molecule has 1 aliphatic heterocycles. The second kappa shape index (κ2) is 6.81. The van der Waals surface area contributed by atoms with Gasteiger partial charge in [0, 0.05) is 38.0 Å². The lowest BCUT2D eigenvalue weighted by Gasteiger charge is -2.32. The number of likely N-dealkylation sites (tertiary alicyclic amines) is 1. The van der Waals surface area contributed by atoms with E-state index in [1.165, 1.54) is 18.3 Å². The molecule has 0 aromatic carbocycles. The van der Waals surface area contributed by atoms with Gasteiger partial charge in [-0.3, -0.25) is 19.8 Å². The molecule has 1 saturated heterocycles. The number of thiophene rings is 1. The molecule has 1 N–H and O–H groups in total. The summed E-state index contributed by atoms with van der Waals surface area (Å²) < 4.78 is 0. The molecule has 1 amide bonds. The fraction of sp³-hybridized carbons (Fsp3) is 0.615. The van der Waals surface area contributed by atoms with Crippen LogP contribution >= 0.6 is 11.3 Å². The Morgan fingerprint density at radius 1 is 1.65 bits per heavy atom. The maximum absolute atomic E-state index is 10.9. The summed E-state index contributed by atoms with van der Waals surface area (Å²) in [4.78, 5) is 23.6. The maximum Gasteiger partial charge on any atom is 0.324 e. The first-order chi connectivity index (χ1) is 9.54. The SMILES string of the molecule is CC(=O)NCC1CCCN(Cc2csc([N+](=O)[O-])c2)C1. The number of hydrogen-bond donors (Lipinski definition) is 1. The van der Waals surface area contributed by atoms with Crippen molar-refractivity contribution in [3.05, 3.63) is 27.1 Å². The second-order valence-electron chi connectivity index (χ2n) is 5.23. The lowest BCUT2D eigenvalue weighted by molar-refractivity contribution is -0.380. The summed E-state index contributed by atoms with van der Waals surface area (Å²) in [6.07, 6.45) is 2.23. The number of nitrogens with one attached hydrogen (secondary N) is 1. The summed E-state index contributed by atoms with van der Waals surface area (Å²) in [6, 6.07) is 1.65. The Hall–Kier alpha value is -1.47. The number of hydrogen-bond acceptors (Lipinski definition) is 5. The molecular formula is C13H19N3O3S. The lowest BCUT2D eigenvalue weighted by Crippen LogP contribution is -2.40. The normalized spacial score (nSPS) is 19.8. The Kier molecular flexibility index (Phi) is 5.08. The Balaban J connectivity index is 1.85. The summed E-state index contributed by atoms with van der Waals surface area (Å²) in [5.41, 5.74) is 1.00. The highest BCUT2D eigenvalue weighted by molar-refractivity contribution is 7.13. The molecule has 20 heavy (non-hydrogen) atoms. The van der Waals surface area contributed by atoms with Crippen LogP contribution in [0, 0.1) is 16.0 Å². The summed E-state index contributed by atoms with van der Waals surface area (Å²) in [6.45, 7) is 4.95. The number of nitrogens with zero attached hydrogens (tertiary/aromatic N) is 2. The van der Waals surface area contributed by atoms with Crippen LogP contribution in [0.1, 0.15) is 25.3 Å². The maximum atomic E-state index is 10.9. The van der Waals surface area contributed by atoms with Gasteiger partial charge in [0.2, 0.25) is 5.91 Å². The minimum Gasteiger partial charge on any atom is -0.356 e. The lowest BCUT2D eigenvalue weighted by atomic mass is 9.97. The molecule has 0 aliphatic carbocycles. The number of carbonyl (C=O) groups is 1. The zero-order valence-corrected chi connectivity index (χ0v) is 12.3. The monoisotopic (exact) mass is 297 g/mol. The van der Waals surface area contributed by atoms with E-state index in [1.807, 2.05) is 5.38 Å². The van der Waals surface area contributed by atoms with Gasteiger partial charge in [0.1, 0.15) is 0 Å². The largest absolute Gasteiger partial charge is 0.356 e. The minimum atomic E-state index is -0.343. The van der Waals surface area contributed by atoms with E-state index >= 15 is 0 Å². The molecule has 6 nitrogen and oxygen atoms in total. The highest BCUT2D eigenvalue weighted by Crippen LogP contribution is 2.25. The van der Waals surface area contributed by atoms with Crippen LogP contribution in [0.4, 0.5) is 5.00 Å².